The van der Waals surface area contributed by atoms with Crippen LogP contribution in [0.4, 0.5) is 6.01 Å². The Morgan fingerprint density at radius 3 is 2.90 bits per heavy atom. The van der Waals surface area contributed by atoms with Crippen LogP contribution in [0.15, 0.2) is 4.42 Å². The molecule has 0 radical (unpaired) electrons. The molecular weight excluding hydrogens is 264 g/mol. The lowest BCUT2D eigenvalue weighted by atomic mass is 10.0. The number of methoxy groups -OCH3 is 1. The summed E-state index contributed by atoms with van der Waals surface area (Å²) in [7, 11) is 1.36. The van der Waals surface area contributed by atoms with Gasteiger partial charge in [0.15, 0.2) is 0 Å². The summed E-state index contributed by atoms with van der Waals surface area (Å²) >= 11 is 0. The molecule has 1 N–H and O–H groups in total. The monoisotopic (exact) mass is 282 g/mol. The summed E-state index contributed by atoms with van der Waals surface area (Å²) in [6.45, 7) is 2.43. The molecule has 1 aromatic rings. The molecule has 2 heterocycles. The minimum Gasteiger partial charge on any atom is -0.468 e. The van der Waals surface area contributed by atoms with Crippen molar-refractivity contribution >= 4 is 17.9 Å². The van der Waals surface area contributed by atoms with Crippen molar-refractivity contribution < 1.29 is 18.7 Å². The van der Waals surface area contributed by atoms with Crippen molar-refractivity contribution in [1.82, 2.24) is 15.1 Å². The van der Waals surface area contributed by atoms with Crippen LogP contribution < -0.4 is 5.32 Å². The number of anilines is 1. The molecule has 0 unspecified atom stereocenters. The van der Waals surface area contributed by atoms with Crippen LogP contribution in [-0.4, -0.2) is 53.2 Å². The molecule has 0 aliphatic carbocycles. The molecule has 20 heavy (non-hydrogen) atoms. The molecule has 1 aliphatic heterocycles. The Morgan fingerprint density at radius 1 is 1.45 bits per heavy atom. The minimum atomic E-state index is -0.357. The number of esters is 1. The maximum absolute atomic E-state index is 11.9. The standard InChI is InChI=1S/C12H18N4O4/c1-8-14-15-12(20-8)13-10(17)7-16-6-4-3-5-9(16)11(18)19-2/h9H,3-7H2,1-2H3,(H,13,15,17)/t9-/m1/s1. The van der Waals surface area contributed by atoms with Crippen LogP contribution in [0, 0.1) is 6.92 Å². The molecule has 1 fully saturated rings. The molecule has 110 valence electrons. The van der Waals surface area contributed by atoms with Crippen molar-refractivity contribution in [2.24, 2.45) is 0 Å². The van der Waals surface area contributed by atoms with Gasteiger partial charge < -0.3 is 9.15 Å². The number of piperidine rings is 1. The largest absolute Gasteiger partial charge is 0.468 e. The molecule has 1 aromatic heterocycles. The van der Waals surface area contributed by atoms with Crippen LogP contribution in [0.1, 0.15) is 25.2 Å². The number of hydrogen-bond donors (Lipinski definition) is 1. The van der Waals surface area contributed by atoms with Crippen LogP contribution in [-0.2, 0) is 14.3 Å². The van der Waals surface area contributed by atoms with E-state index in [1.807, 2.05) is 4.90 Å². The Kier molecular flexibility index (Phi) is 4.67. The number of aromatic nitrogens is 2. The number of nitrogens with zero attached hydrogens (tertiary/aromatic N) is 3. The molecule has 0 bridgehead atoms. The normalized spacial score (nSPS) is 19.6. The van der Waals surface area contributed by atoms with Crippen molar-refractivity contribution in [3.8, 4) is 0 Å². The Morgan fingerprint density at radius 2 is 2.25 bits per heavy atom. The minimum absolute atomic E-state index is 0.0686. The molecule has 1 saturated heterocycles. The second-order valence-corrected chi connectivity index (χ2v) is 4.68. The van der Waals surface area contributed by atoms with Gasteiger partial charge in [-0.1, -0.05) is 11.5 Å². The fraction of sp³-hybridized carbons (Fsp3) is 0.667. The quantitative estimate of drug-likeness (QED) is 0.795. The van der Waals surface area contributed by atoms with Gasteiger partial charge >= 0.3 is 12.0 Å². The Bertz CT molecular complexity index is 488. The predicted octanol–water partition coefficient (Wildman–Crippen LogP) is 0.344. The highest BCUT2D eigenvalue weighted by atomic mass is 16.5. The van der Waals surface area contributed by atoms with Crippen molar-refractivity contribution in [2.75, 3.05) is 25.5 Å². The Hall–Kier alpha value is -1.96. The van der Waals surface area contributed by atoms with Gasteiger partial charge in [0, 0.05) is 6.92 Å². The Labute approximate surface area is 116 Å². The van der Waals surface area contributed by atoms with E-state index in [1.54, 1.807) is 6.92 Å². The summed E-state index contributed by atoms with van der Waals surface area (Å²) < 4.78 is 9.84. The van der Waals surface area contributed by atoms with Gasteiger partial charge in [-0.15, -0.1) is 5.10 Å². The second-order valence-electron chi connectivity index (χ2n) is 4.68. The van der Waals surface area contributed by atoms with Crippen molar-refractivity contribution in [3.05, 3.63) is 5.89 Å². The zero-order valence-electron chi connectivity index (χ0n) is 11.6. The lowest BCUT2D eigenvalue weighted by molar-refractivity contribution is -0.148. The van der Waals surface area contributed by atoms with Crippen LogP contribution >= 0.6 is 0 Å². The first-order valence-corrected chi connectivity index (χ1v) is 6.52. The lowest BCUT2D eigenvalue weighted by Gasteiger charge is -2.32. The Balaban J connectivity index is 1.92. The number of carbonyl (C=O) groups is 2. The summed E-state index contributed by atoms with van der Waals surface area (Å²) in [6, 6.07) is -0.289. The van der Waals surface area contributed by atoms with Gasteiger partial charge in [0.1, 0.15) is 6.04 Å². The van der Waals surface area contributed by atoms with Crippen molar-refractivity contribution in [2.45, 2.75) is 32.2 Å². The summed E-state index contributed by atoms with van der Waals surface area (Å²) in [4.78, 5) is 25.4. The summed E-state index contributed by atoms with van der Waals surface area (Å²) in [5.74, 6) is -0.207. The maximum atomic E-state index is 11.9. The molecule has 8 heteroatoms. The van der Waals surface area contributed by atoms with Gasteiger partial charge in [-0.2, -0.15) is 0 Å². The maximum Gasteiger partial charge on any atom is 0.323 e. The highest BCUT2D eigenvalue weighted by Crippen LogP contribution is 2.18. The molecule has 1 aliphatic rings. The average Bonchev–Trinajstić information content (AvgIpc) is 2.83. The summed E-state index contributed by atoms with van der Waals surface area (Å²) in [5, 5.41) is 9.83. The van der Waals surface area contributed by atoms with Gasteiger partial charge in [-0.05, 0) is 19.4 Å². The van der Waals surface area contributed by atoms with Crippen LogP contribution in [0.25, 0.3) is 0 Å². The van der Waals surface area contributed by atoms with E-state index in [0.717, 1.165) is 12.8 Å². The fourth-order valence-corrected chi connectivity index (χ4v) is 2.27. The number of likely N-dealkylation sites (tertiary alicyclic amines) is 1. The van der Waals surface area contributed by atoms with E-state index >= 15 is 0 Å². The van der Waals surface area contributed by atoms with Gasteiger partial charge in [-0.3, -0.25) is 19.8 Å². The molecule has 0 saturated carbocycles. The van der Waals surface area contributed by atoms with E-state index in [9.17, 15) is 9.59 Å². The summed E-state index contributed by atoms with van der Waals surface area (Å²) in [5.41, 5.74) is 0. The van der Waals surface area contributed by atoms with E-state index in [1.165, 1.54) is 7.11 Å². The molecular formula is C12H18N4O4. The van der Waals surface area contributed by atoms with Gasteiger partial charge in [-0.25, -0.2) is 0 Å². The molecule has 1 amide bonds. The first kappa shape index (κ1) is 14.4. The third kappa shape index (κ3) is 3.53. The summed E-state index contributed by atoms with van der Waals surface area (Å²) in [6.07, 6.45) is 2.63. The highest BCUT2D eigenvalue weighted by molar-refractivity contribution is 5.90. The SMILES string of the molecule is COC(=O)[C@H]1CCCCN1CC(=O)Nc1nnc(C)o1. The molecule has 0 aromatic carbocycles. The topological polar surface area (TPSA) is 97.6 Å². The number of carbonyl (C=O) groups excluding carboxylic acids is 2. The van der Waals surface area contributed by atoms with Crippen molar-refractivity contribution in [3.63, 3.8) is 0 Å². The third-order valence-electron chi connectivity index (χ3n) is 3.21. The van der Waals surface area contributed by atoms with Crippen LogP contribution in [0.2, 0.25) is 0 Å². The van der Waals surface area contributed by atoms with E-state index in [-0.39, 0.29) is 30.5 Å². The van der Waals surface area contributed by atoms with Gasteiger partial charge in [0.2, 0.25) is 11.8 Å². The third-order valence-corrected chi connectivity index (χ3v) is 3.21. The van der Waals surface area contributed by atoms with Gasteiger partial charge in [0.25, 0.3) is 0 Å². The number of hydrogen-bond acceptors (Lipinski definition) is 7. The lowest BCUT2D eigenvalue weighted by Crippen LogP contribution is -2.48. The van der Waals surface area contributed by atoms with Gasteiger partial charge in [0.05, 0.1) is 13.7 Å². The first-order chi connectivity index (χ1) is 9.60. The molecule has 8 nitrogen and oxygen atoms in total. The number of ether oxygens (including phenoxy) is 1. The van der Waals surface area contributed by atoms with Crippen LogP contribution in [0.3, 0.4) is 0 Å². The fourth-order valence-electron chi connectivity index (χ4n) is 2.27. The number of aryl methyl sites for hydroxylation is 1. The van der Waals surface area contributed by atoms with Crippen LogP contribution in [0.5, 0.6) is 0 Å². The number of amides is 1. The zero-order valence-corrected chi connectivity index (χ0v) is 11.6. The second kappa shape index (κ2) is 6.47. The number of nitrogens with one attached hydrogen (secondary N) is 1. The van der Waals surface area contributed by atoms with E-state index in [0.29, 0.717) is 18.9 Å². The van der Waals surface area contributed by atoms with Crippen molar-refractivity contribution in [1.29, 1.82) is 0 Å². The van der Waals surface area contributed by atoms with E-state index in [4.69, 9.17) is 9.15 Å². The van der Waals surface area contributed by atoms with E-state index < -0.39 is 0 Å². The average molecular weight is 282 g/mol. The molecule has 1 atom stereocenters. The molecule has 0 spiro atoms. The smallest absolute Gasteiger partial charge is 0.323 e. The zero-order chi connectivity index (χ0) is 14.5. The predicted molar refractivity (Wildman–Crippen MR) is 68.9 cm³/mol. The molecule has 2 rings (SSSR count). The highest BCUT2D eigenvalue weighted by Gasteiger charge is 2.30. The first-order valence-electron chi connectivity index (χ1n) is 6.52. The number of rotatable bonds is 4. The van der Waals surface area contributed by atoms with E-state index in [2.05, 4.69) is 15.5 Å².